The van der Waals surface area contributed by atoms with Gasteiger partial charge in [0.2, 0.25) is 0 Å². The Bertz CT molecular complexity index is 992. The molecule has 2 heterocycles. The molecular weight excluding hydrogens is 607 g/mol. The summed E-state index contributed by atoms with van der Waals surface area (Å²) in [6.45, 7) is 7.86. The van der Waals surface area contributed by atoms with Gasteiger partial charge in [-0.25, -0.2) is 0 Å². The molecule has 9 heteroatoms. The van der Waals surface area contributed by atoms with E-state index in [-0.39, 0.29) is 3.92 Å². The minimum absolute atomic E-state index is 0.362. The zero-order chi connectivity index (χ0) is 26.7. The molecule has 2 fully saturated rings. The van der Waals surface area contributed by atoms with Crippen molar-refractivity contribution in [1.82, 2.24) is 0 Å². The second-order valence-corrected chi connectivity index (χ2v) is 12.6. The first-order valence-corrected chi connectivity index (χ1v) is 14.7. The molecule has 2 aromatic carbocycles. The van der Waals surface area contributed by atoms with Crippen LogP contribution in [-0.2, 0) is 30.3 Å². The lowest BCUT2D eigenvalue weighted by Gasteiger charge is -2.50. The normalized spacial score (nSPS) is 38.4. The van der Waals surface area contributed by atoms with Crippen molar-refractivity contribution in [2.75, 3.05) is 7.11 Å². The lowest BCUT2D eigenvalue weighted by atomic mass is 9.88. The minimum atomic E-state index is -1.25. The lowest BCUT2D eigenvalue weighted by molar-refractivity contribution is -0.323. The summed E-state index contributed by atoms with van der Waals surface area (Å²) in [5.41, 5.74) is 0.921. The molecule has 0 aromatic heterocycles. The summed E-state index contributed by atoms with van der Waals surface area (Å²) in [6, 6.07) is 18.0. The van der Waals surface area contributed by atoms with E-state index in [1.165, 1.54) is 11.8 Å². The molecule has 2 saturated heterocycles. The highest BCUT2D eigenvalue weighted by atomic mass is 127. The number of ether oxygens (including phenoxy) is 5. The third-order valence-electron chi connectivity index (χ3n) is 6.99. The Morgan fingerprint density at radius 3 is 2.30 bits per heavy atom. The molecule has 2 aromatic rings. The van der Waals surface area contributed by atoms with Crippen LogP contribution in [0.1, 0.15) is 31.9 Å². The maximum absolute atomic E-state index is 11.6. The van der Waals surface area contributed by atoms with Gasteiger partial charge in [0.05, 0.1) is 34.1 Å². The number of aryl methyl sites for hydroxylation is 1. The average molecular weight is 645 g/mol. The summed E-state index contributed by atoms with van der Waals surface area (Å²) in [7, 11) is 1.56. The summed E-state index contributed by atoms with van der Waals surface area (Å²) in [5.74, 6) is 0. The van der Waals surface area contributed by atoms with E-state index >= 15 is 0 Å². The summed E-state index contributed by atoms with van der Waals surface area (Å²) in [5, 5.41) is 22.6. The molecule has 0 unspecified atom stereocenters. The number of hydrogen-bond acceptors (Lipinski definition) is 8. The Labute approximate surface area is 237 Å². The van der Waals surface area contributed by atoms with Crippen LogP contribution in [0, 0.1) is 6.92 Å². The molecule has 0 spiro atoms. The fourth-order valence-corrected chi connectivity index (χ4v) is 6.79. The van der Waals surface area contributed by atoms with Gasteiger partial charge < -0.3 is 33.9 Å². The summed E-state index contributed by atoms with van der Waals surface area (Å²) < 4.78 is 30.1. The monoisotopic (exact) mass is 644 g/mol. The Kier molecular flexibility index (Phi) is 9.96. The van der Waals surface area contributed by atoms with E-state index in [0.717, 1.165) is 16.0 Å². The Hall–Kier alpha value is -0.760. The Morgan fingerprint density at radius 1 is 1.00 bits per heavy atom. The van der Waals surface area contributed by atoms with Gasteiger partial charge in [-0.15, -0.1) is 11.8 Å². The van der Waals surface area contributed by atoms with Crippen molar-refractivity contribution >= 4 is 34.4 Å². The molecule has 0 amide bonds. The zero-order valence-electron chi connectivity index (χ0n) is 21.8. The average Bonchev–Trinajstić information content (AvgIpc) is 2.88. The predicted molar refractivity (Wildman–Crippen MR) is 151 cm³/mol. The Balaban J connectivity index is 1.56. The molecule has 0 bridgehead atoms. The van der Waals surface area contributed by atoms with Crippen LogP contribution in [-0.4, -0.2) is 75.2 Å². The molecule has 4 rings (SSSR count). The number of alkyl halides is 1. The van der Waals surface area contributed by atoms with Gasteiger partial charge in [0.1, 0.15) is 17.8 Å². The van der Waals surface area contributed by atoms with Crippen molar-refractivity contribution in [3.8, 4) is 0 Å². The van der Waals surface area contributed by atoms with Gasteiger partial charge >= 0.3 is 0 Å². The largest absolute Gasteiger partial charge is 0.389 e. The first kappa shape index (κ1) is 29.2. The fourth-order valence-electron chi connectivity index (χ4n) is 4.83. The summed E-state index contributed by atoms with van der Waals surface area (Å²) in [6.07, 6.45) is -4.40. The van der Waals surface area contributed by atoms with E-state index in [1.807, 2.05) is 75.4 Å². The van der Waals surface area contributed by atoms with Gasteiger partial charge in [-0.05, 0) is 45.4 Å². The maximum Gasteiger partial charge on any atom is 0.173 e. The molecule has 37 heavy (non-hydrogen) atoms. The number of hydrogen-bond donors (Lipinski definition) is 2. The van der Waals surface area contributed by atoms with Gasteiger partial charge in [-0.3, -0.25) is 0 Å². The van der Waals surface area contributed by atoms with Gasteiger partial charge in [0.15, 0.2) is 12.6 Å². The SMILES string of the molecule is CO[C@@H]1O[C@@H](C)[C@H](O[C@@H]2O[C@H](C)[C@@H](OCc3ccccc3)[C@H](O)[C@H]2Sc2ccc(C)cc2)[C@@](C)(O)[C@H]1I. The van der Waals surface area contributed by atoms with Crippen LogP contribution in [0.2, 0.25) is 0 Å². The third kappa shape index (κ3) is 6.70. The number of methoxy groups -OCH3 is 1. The smallest absolute Gasteiger partial charge is 0.173 e. The van der Waals surface area contributed by atoms with E-state index in [4.69, 9.17) is 23.7 Å². The predicted octanol–water partition coefficient (Wildman–Crippen LogP) is 4.48. The zero-order valence-corrected chi connectivity index (χ0v) is 24.8. The van der Waals surface area contributed by atoms with E-state index < -0.39 is 54.0 Å². The number of benzene rings is 2. The van der Waals surface area contributed by atoms with Gasteiger partial charge in [0, 0.05) is 12.0 Å². The molecule has 7 nitrogen and oxygen atoms in total. The van der Waals surface area contributed by atoms with Crippen LogP contribution < -0.4 is 0 Å². The molecule has 0 saturated carbocycles. The van der Waals surface area contributed by atoms with E-state index in [2.05, 4.69) is 22.6 Å². The molecule has 0 radical (unpaired) electrons. The lowest BCUT2D eigenvalue weighted by Crippen LogP contribution is -2.66. The second kappa shape index (κ2) is 12.6. The van der Waals surface area contributed by atoms with E-state index in [9.17, 15) is 10.2 Å². The highest BCUT2D eigenvalue weighted by molar-refractivity contribution is 14.1. The van der Waals surface area contributed by atoms with Crippen LogP contribution in [0.25, 0.3) is 0 Å². The van der Waals surface area contributed by atoms with Crippen molar-refractivity contribution < 1.29 is 33.9 Å². The quantitative estimate of drug-likeness (QED) is 0.322. The highest BCUT2D eigenvalue weighted by Crippen LogP contribution is 2.41. The molecule has 0 aliphatic carbocycles. The summed E-state index contributed by atoms with van der Waals surface area (Å²) in [4.78, 5) is 0.981. The first-order chi connectivity index (χ1) is 17.6. The molecule has 10 atom stereocenters. The second-order valence-electron chi connectivity index (χ2n) is 9.99. The maximum atomic E-state index is 11.6. The van der Waals surface area contributed by atoms with Crippen molar-refractivity contribution in [3.05, 3.63) is 65.7 Å². The van der Waals surface area contributed by atoms with Gasteiger partial charge in [-0.1, -0.05) is 70.6 Å². The number of rotatable bonds is 8. The fraction of sp³-hybridized carbons (Fsp3) is 0.571. The van der Waals surface area contributed by atoms with Gasteiger partial charge in [0.25, 0.3) is 0 Å². The van der Waals surface area contributed by atoms with Crippen molar-refractivity contribution in [1.29, 1.82) is 0 Å². The van der Waals surface area contributed by atoms with Crippen LogP contribution in [0.5, 0.6) is 0 Å². The number of thioether (sulfide) groups is 1. The van der Waals surface area contributed by atoms with Crippen LogP contribution >= 0.6 is 34.4 Å². The standard InChI is InChI=1S/C28H37IO7S/c1-16-11-13-20(14-12-16)37-23-21(30)22(33-15-19-9-7-6-8-10-19)17(2)34-26(23)36-25-18(3)35-27(32-5)24(29)28(25,4)31/h6-14,17-18,21-27,30-31H,15H2,1-5H3/t17-,18+,21+,22-,23-,24+,25+,26+,27-,28+/m1/s1. The number of halogens is 1. The molecular formula is C28H37IO7S. The third-order valence-corrected chi connectivity index (χ3v) is 10.2. The van der Waals surface area contributed by atoms with Crippen LogP contribution in [0.4, 0.5) is 0 Å². The topological polar surface area (TPSA) is 86.6 Å². The van der Waals surface area contributed by atoms with Crippen LogP contribution in [0.15, 0.2) is 59.5 Å². The molecule has 2 N–H and O–H groups in total. The first-order valence-electron chi connectivity index (χ1n) is 12.5. The van der Waals surface area contributed by atoms with Crippen molar-refractivity contribution in [3.63, 3.8) is 0 Å². The number of aliphatic hydroxyl groups is 2. The molecule has 2 aliphatic heterocycles. The van der Waals surface area contributed by atoms with Crippen molar-refractivity contribution in [2.45, 2.75) is 97.1 Å². The molecule has 2 aliphatic rings. The van der Waals surface area contributed by atoms with Crippen molar-refractivity contribution in [2.24, 2.45) is 0 Å². The summed E-state index contributed by atoms with van der Waals surface area (Å²) >= 11 is 3.62. The number of aliphatic hydroxyl groups excluding tert-OH is 1. The highest BCUT2D eigenvalue weighted by Gasteiger charge is 2.55. The van der Waals surface area contributed by atoms with E-state index in [0.29, 0.717) is 6.61 Å². The molecule has 204 valence electrons. The Morgan fingerprint density at radius 2 is 1.65 bits per heavy atom. The van der Waals surface area contributed by atoms with Gasteiger partial charge in [-0.2, -0.15) is 0 Å². The van der Waals surface area contributed by atoms with Crippen LogP contribution in [0.3, 0.4) is 0 Å². The van der Waals surface area contributed by atoms with E-state index in [1.54, 1.807) is 14.0 Å². The minimum Gasteiger partial charge on any atom is -0.389 e.